The number of carbonyl (C=O) groups is 1. The Morgan fingerprint density at radius 2 is 2.00 bits per heavy atom. The van der Waals surface area contributed by atoms with Crippen molar-refractivity contribution in [3.8, 4) is 0 Å². The number of amides is 1. The van der Waals surface area contributed by atoms with Crippen molar-refractivity contribution in [3.05, 3.63) is 29.8 Å². The Bertz CT molecular complexity index is 331. The molecule has 0 aliphatic carbocycles. The van der Waals surface area contributed by atoms with E-state index in [2.05, 4.69) is 25.2 Å². The summed E-state index contributed by atoms with van der Waals surface area (Å²) in [6.45, 7) is 6.22. The molecule has 0 aromatic heterocycles. The zero-order valence-corrected chi connectivity index (χ0v) is 9.71. The number of hydrogen-bond donors (Lipinski definition) is 1. The minimum atomic E-state index is 0.0752. The second kappa shape index (κ2) is 5.54. The Labute approximate surface area is 91.7 Å². The van der Waals surface area contributed by atoms with Crippen molar-refractivity contribution >= 4 is 11.6 Å². The molecule has 0 spiro atoms. The number of carbonyl (C=O) groups excluding carboxylic acids is 1. The van der Waals surface area contributed by atoms with Gasteiger partial charge in [-0.05, 0) is 24.0 Å². The fourth-order valence-electron chi connectivity index (χ4n) is 1.50. The first kappa shape index (κ1) is 11.8. The summed E-state index contributed by atoms with van der Waals surface area (Å²) in [5.74, 6) is 0.677. The van der Waals surface area contributed by atoms with E-state index in [9.17, 15) is 4.79 Å². The van der Waals surface area contributed by atoms with E-state index >= 15 is 0 Å². The average Bonchev–Trinajstić information content (AvgIpc) is 2.20. The second-order valence-electron chi connectivity index (χ2n) is 4.16. The van der Waals surface area contributed by atoms with Crippen LogP contribution in [0.2, 0.25) is 0 Å². The molecular weight excluding hydrogens is 186 g/mol. The highest BCUT2D eigenvalue weighted by atomic mass is 16.1. The standard InChI is InChI=1S/C13H19NO/c1-4-13(15)14-12-8-6-5-7-11(12)9-10(2)3/h5-8,10H,4,9H2,1-3H3,(H,14,15). The Kier molecular flexibility index (Phi) is 4.35. The number of anilines is 1. The van der Waals surface area contributed by atoms with E-state index in [0.29, 0.717) is 12.3 Å². The highest BCUT2D eigenvalue weighted by molar-refractivity contribution is 5.91. The molecule has 2 nitrogen and oxygen atoms in total. The van der Waals surface area contributed by atoms with Crippen LogP contribution in [0.15, 0.2) is 24.3 Å². The second-order valence-corrected chi connectivity index (χ2v) is 4.16. The molecule has 0 unspecified atom stereocenters. The van der Waals surface area contributed by atoms with Gasteiger partial charge >= 0.3 is 0 Å². The third-order valence-electron chi connectivity index (χ3n) is 2.24. The van der Waals surface area contributed by atoms with Gasteiger partial charge in [-0.15, -0.1) is 0 Å². The van der Waals surface area contributed by atoms with Crippen LogP contribution < -0.4 is 5.32 Å². The fraction of sp³-hybridized carbons (Fsp3) is 0.462. The van der Waals surface area contributed by atoms with Gasteiger partial charge in [-0.2, -0.15) is 0 Å². The molecule has 0 atom stereocenters. The molecule has 0 saturated heterocycles. The molecule has 82 valence electrons. The molecule has 1 aromatic rings. The summed E-state index contributed by atoms with van der Waals surface area (Å²) in [5.41, 5.74) is 2.17. The van der Waals surface area contributed by atoms with E-state index in [1.165, 1.54) is 5.56 Å². The average molecular weight is 205 g/mol. The summed E-state index contributed by atoms with van der Waals surface area (Å²) < 4.78 is 0. The highest BCUT2D eigenvalue weighted by Crippen LogP contribution is 2.18. The molecular formula is C13H19NO. The van der Waals surface area contributed by atoms with Crippen molar-refractivity contribution in [2.45, 2.75) is 33.6 Å². The predicted molar refractivity (Wildman–Crippen MR) is 63.9 cm³/mol. The topological polar surface area (TPSA) is 29.1 Å². The van der Waals surface area contributed by atoms with E-state index in [0.717, 1.165) is 12.1 Å². The van der Waals surface area contributed by atoms with Crippen LogP contribution in [-0.2, 0) is 11.2 Å². The molecule has 1 aromatic carbocycles. The van der Waals surface area contributed by atoms with Crippen LogP contribution in [0.5, 0.6) is 0 Å². The van der Waals surface area contributed by atoms with Crippen molar-refractivity contribution in [1.29, 1.82) is 0 Å². The molecule has 1 rings (SSSR count). The van der Waals surface area contributed by atoms with Gasteiger partial charge in [0.05, 0.1) is 0 Å². The van der Waals surface area contributed by atoms with Gasteiger partial charge in [-0.1, -0.05) is 39.0 Å². The zero-order valence-electron chi connectivity index (χ0n) is 9.71. The number of benzene rings is 1. The first-order valence-electron chi connectivity index (χ1n) is 5.51. The molecule has 1 amide bonds. The van der Waals surface area contributed by atoms with Crippen LogP contribution in [-0.4, -0.2) is 5.91 Å². The lowest BCUT2D eigenvalue weighted by molar-refractivity contribution is -0.115. The first-order valence-corrected chi connectivity index (χ1v) is 5.51. The predicted octanol–water partition coefficient (Wildman–Crippen LogP) is 3.23. The summed E-state index contributed by atoms with van der Waals surface area (Å²) >= 11 is 0. The van der Waals surface area contributed by atoms with Crippen molar-refractivity contribution in [1.82, 2.24) is 0 Å². The molecule has 1 N–H and O–H groups in total. The molecule has 0 aliphatic heterocycles. The fourth-order valence-corrected chi connectivity index (χ4v) is 1.50. The van der Waals surface area contributed by atoms with E-state index < -0.39 is 0 Å². The minimum Gasteiger partial charge on any atom is -0.326 e. The van der Waals surface area contributed by atoms with Crippen LogP contribution in [0.3, 0.4) is 0 Å². The van der Waals surface area contributed by atoms with Gasteiger partial charge in [0, 0.05) is 12.1 Å². The van der Waals surface area contributed by atoms with Gasteiger partial charge < -0.3 is 5.32 Å². The van der Waals surface area contributed by atoms with E-state index in [-0.39, 0.29) is 5.91 Å². The SMILES string of the molecule is CCC(=O)Nc1ccccc1CC(C)C. The molecule has 2 heteroatoms. The van der Waals surface area contributed by atoms with E-state index in [1.54, 1.807) is 0 Å². The molecule has 0 fully saturated rings. The third kappa shape index (κ3) is 3.74. The number of nitrogens with one attached hydrogen (secondary N) is 1. The molecule has 0 aliphatic rings. The van der Waals surface area contributed by atoms with Crippen LogP contribution in [0.25, 0.3) is 0 Å². The zero-order chi connectivity index (χ0) is 11.3. The van der Waals surface area contributed by atoms with Gasteiger partial charge in [0.15, 0.2) is 0 Å². The van der Waals surface area contributed by atoms with Crippen molar-refractivity contribution < 1.29 is 4.79 Å². The maximum absolute atomic E-state index is 11.3. The van der Waals surface area contributed by atoms with Gasteiger partial charge in [0.2, 0.25) is 5.91 Å². The van der Waals surface area contributed by atoms with E-state index in [4.69, 9.17) is 0 Å². The maximum Gasteiger partial charge on any atom is 0.224 e. The lowest BCUT2D eigenvalue weighted by Crippen LogP contribution is -2.11. The number of rotatable bonds is 4. The van der Waals surface area contributed by atoms with Gasteiger partial charge in [-0.25, -0.2) is 0 Å². The first-order chi connectivity index (χ1) is 7.13. The lowest BCUT2D eigenvalue weighted by atomic mass is 10.0. The van der Waals surface area contributed by atoms with Crippen molar-refractivity contribution in [2.75, 3.05) is 5.32 Å². The van der Waals surface area contributed by atoms with Gasteiger partial charge in [-0.3, -0.25) is 4.79 Å². The molecule has 0 saturated carbocycles. The molecule has 0 heterocycles. The van der Waals surface area contributed by atoms with Crippen LogP contribution in [0.4, 0.5) is 5.69 Å². The number of hydrogen-bond acceptors (Lipinski definition) is 1. The highest BCUT2D eigenvalue weighted by Gasteiger charge is 2.05. The summed E-state index contributed by atoms with van der Waals surface area (Å²) in [4.78, 5) is 11.3. The largest absolute Gasteiger partial charge is 0.326 e. The summed E-state index contributed by atoms with van der Waals surface area (Å²) in [6.07, 6.45) is 1.52. The van der Waals surface area contributed by atoms with Gasteiger partial charge in [0.25, 0.3) is 0 Å². The van der Waals surface area contributed by atoms with Crippen LogP contribution >= 0.6 is 0 Å². The number of para-hydroxylation sites is 1. The minimum absolute atomic E-state index is 0.0752. The Morgan fingerprint density at radius 3 is 2.60 bits per heavy atom. The van der Waals surface area contributed by atoms with Crippen LogP contribution in [0.1, 0.15) is 32.8 Å². The Morgan fingerprint density at radius 1 is 1.33 bits per heavy atom. The van der Waals surface area contributed by atoms with Crippen molar-refractivity contribution in [2.24, 2.45) is 5.92 Å². The van der Waals surface area contributed by atoms with Crippen LogP contribution in [0, 0.1) is 5.92 Å². The van der Waals surface area contributed by atoms with E-state index in [1.807, 2.05) is 25.1 Å². The molecule has 0 bridgehead atoms. The smallest absolute Gasteiger partial charge is 0.224 e. The van der Waals surface area contributed by atoms with Gasteiger partial charge in [0.1, 0.15) is 0 Å². The molecule has 0 radical (unpaired) electrons. The monoisotopic (exact) mass is 205 g/mol. The lowest BCUT2D eigenvalue weighted by Gasteiger charge is -2.12. The quantitative estimate of drug-likeness (QED) is 0.803. The Hall–Kier alpha value is -1.31. The summed E-state index contributed by atoms with van der Waals surface area (Å²) in [6, 6.07) is 8.00. The summed E-state index contributed by atoms with van der Waals surface area (Å²) in [7, 11) is 0. The normalized spacial score (nSPS) is 10.4. The third-order valence-corrected chi connectivity index (χ3v) is 2.24. The van der Waals surface area contributed by atoms with Crippen molar-refractivity contribution in [3.63, 3.8) is 0 Å². The maximum atomic E-state index is 11.3. The Balaban J connectivity index is 2.81. The molecule has 15 heavy (non-hydrogen) atoms. The summed E-state index contributed by atoms with van der Waals surface area (Å²) in [5, 5.41) is 2.93.